The van der Waals surface area contributed by atoms with Crippen LogP contribution in [0.3, 0.4) is 0 Å². The van der Waals surface area contributed by atoms with Gasteiger partial charge < -0.3 is 4.84 Å². The van der Waals surface area contributed by atoms with Gasteiger partial charge in [0.1, 0.15) is 7.11 Å². The van der Waals surface area contributed by atoms with E-state index >= 15 is 0 Å². The summed E-state index contributed by atoms with van der Waals surface area (Å²) in [4.78, 5) is 8.35. The summed E-state index contributed by atoms with van der Waals surface area (Å²) < 4.78 is 0. The summed E-state index contributed by atoms with van der Waals surface area (Å²) in [5.41, 5.74) is 0.983. The zero-order valence-electron chi connectivity index (χ0n) is 5.69. The van der Waals surface area contributed by atoms with Crippen molar-refractivity contribution in [2.45, 2.75) is 0 Å². The molecule has 0 bridgehead atoms. The Morgan fingerprint density at radius 2 is 2.60 bits per heavy atom. The first-order valence-corrected chi connectivity index (χ1v) is 2.90. The van der Waals surface area contributed by atoms with Crippen LogP contribution in [0.25, 0.3) is 0 Å². The van der Waals surface area contributed by atoms with E-state index in [9.17, 15) is 0 Å². The van der Waals surface area contributed by atoms with Crippen molar-refractivity contribution >= 4 is 12.4 Å². The number of nitrogens with zero attached hydrogens (tertiary/aromatic N) is 2. The van der Waals surface area contributed by atoms with E-state index in [0.717, 1.165) is 5.57 Å². The van der Waals surface area contributed by atoms with Crippen LogP contribution in [-0.2, 0) is 4.84 Å². The highest BCUT2D eigenvalue weighted by Gasteiger charge is 1.95. The molecule has 1 aliphatic rings. The lowest BCUT2D eigenvalue weighted by Gasteiger charge is -1.87. The van der Waals surface area contributed by atoms with E-state index in [1.807, 2.05) is 12.2 Å². The largest absolute Gasteiger partial charge is 0.399 e. The van der Waals surface area contributed by atoms with Gasteiger partial charge in [0.05, 0.1) is 11.2 Å². The van der Waals surface area contributed by atoms with Crippen molar-refractivity contribution in [3.8, 4) is 0 Å². The molecule has 0 N–H and O–H groups in total. The van der Waals surface area contributed by atoms with Gasteiger partial charge in [0.25, 0.3) is 0 Å². The summed E-state index contributed by atoms with van der Waals surface area (Å²) >= 11 is 0. The minimum Gasteiger partial charge on any atom is -0.399 e. The maximum absolute atomic E-state index is 4.49. The summed E-state index contributed by atoms with van der Waals surface area (Å²) in [7, 11) is 1.51. The topological polar surface area (TPSA) is 35.7 Å². The minimum absolute atomic E-state index is 0.983. The van der Waals surface area contributed by atoms with E-state index in [1.165, 1.54) is 7.11 Å². The van der Waals surface area contributed by atoms with E-state index in [0.29, 0.717) is 0 Å². The molecule has 3 nitrogen and oxygen atoms in total. The van der Waals surface area contributed by atoms with Crippen molar-refractivity contribution in [2.75, 3.05) is 7.11 Å². The van der Waals surface area contributed by atoms with Crippen molar-refractivity contribution in [2.24, 2.45) is 5.16 Å². The second-order valence-electron chi connectivity index (χ2n) is 1.70. The standard InChI is InChI=1S/C7H8N2O/c1-10-9-6-7-2-4-8-5-3-7/h2-6H,1H3/q+1. The van der Waals surface area contributed by atoms with Gasteiger partial charge in [-0.1, -0.05) is 5.16 Å². The molecule has 0 spiro atoms. The van der Waals surface area contributed by atoms with E-state index in [4.69, 9.17) is 0 Å². The molecule has 0 saturated heterocycles. The van der Waals surface area contributed by atoms with Gasteiger partial charge in [-0.15, -0.1) is 0 Å². The van der Waals surface area contributed by atoms with Gasteiger partial charge in [-0.05, 0) is 0 Å². The minimum atomic E-state index is 0.983. The molecule has 51 valence electrons. The van der Waals surface area contributed by atoms with Crippen molar-refractivity contribution in [1.82, 2.24) is 4.99 Å². The van der Waals surface area contributed by atoms with Crippen molar-refractivity contribution in [1.29, 1.82) is 0 Å². The van der Waals surface area contributed by atoms with Gasteiger partial charge in [-0.3, -0.25) is 0 Å². The second-order valence-corrected chi connectivity index (χ2v) is 1.70. The third-order valence-electron chi connectivity index (χ3n) is 1.01. The molecule has 1 aliphatic heterocycles. The fourth-order valence-corrected chi connectivity index (χ4v) is 0.563. The quantitative estimate of drug-likeness (QED) is 0.401. The highest BCUT2D eigenvalue weighted by atomic mass is 16.6. The first-order chi connectivity index (χ1) is 4.93. The summed E-state index contributed by atoms with van der Waals surface area (Å²) in [6, 6.07) is 0. The molecule has 1 heterocycles. The predicted molar refractivity (Wildman–Crippen MR) is 40.9 cm³/mol. The average Bonchev–Trinajstić information content (AvgIpc) is 2.03. The maximum atomic E-state index is 4.49. The van der Waals surface area contributed by atoms with E-state index in [1.54, 1.807) is 18.6 Å². The molecule has 3 heteroatoms. The van der Waals surface area contributed by atoms with Crippen molar-refractivity contribution < 1.29 is 4.84 Å². The molecule has 1 rings (SSSR count). The fourth-order valence-electron chi connectivity index (χ4n) is 0.563. The predicted octanol–water partition coefficient (Wildman–Crippen LogP) is 0.479. The summed E-state index contributed by atoms with van der Waals surface area (Å²) in [6.07, 6.45) is 8.74. The first-order valence-electron chi connectivity index (χ1n) is 2.90. The summed E-state index contributed by atoms with van der Waals surface area (Å²) in [5, 5.41) is 3.59. The van der Waals surface area contributed by atoms with Gasteiger partial charge in [-0.25, -0.2) is 0 Å². The molecule has 0 aliphatic carbocycles. The zero-order chi connectivity index (χ0) is 7.23. The Balaban J connectivity index is 2.57. The second kappa shape index (κ2) is 3.61. The Labute approximate surface area is 59.4 Å². The molecule has 0 fully saturated rings. The van der Waals surface area contributed by atoms with Crippen LogP contribution in [0.1, 0.15) is 0 Å². The number of hydrogen-bond donors (Lipinski definition) is 0. The van der Waals surface area contributed by atoms with Crippen LogP contribution in [0.4, 0.5) is 0 Å². The number of rotatable bonds is 2. The highest BCUT2D eigenvalue weighted by Crippen LogP contribution is 1.93. The van der Waals surface area contributed by atoms with Crippen LogP contribution in [0.15, 0.2) is 29.1 Å². The number of hydrogen-bond acceptors (Lipinski definition) is 3. The lowest BCUT2D eigenvalue weighted by molar-refractivity contribution is 0.215. The molecule has 0 aromatic heterocycles. The maximum Gasteiger partial charge on any atom is 0.242 e. The van der Waals surface area contributed by atoms with Crippen LogP contribution in [0, 0.1) is 0 Å². The molecule has 0 saturated carbocycles. The number of aliphatic imine (C=N–C) groups is 1. The molecule has 10 heavy (non-hydrogen) atoms. The van der Waals surface area contributed by atoms with Gasteiger partial charge in [0.15, 0.2) is 0 Å². The van der Waals surface area contributed by atoms with Gasteiger partial charge >= 0.3 is 0 Å². The molecule has 0 unspecified atom stereocenters. The zero-order valence-corrected chi connectivity index (χ0v) is 5.69. The van der Waals surface area contributed by atoms with Crippen molar-refractivity contribution in [3.63, 3.8) is 0 Å². The molecule has 1 radical (unpaired) electrons. The van der Waals surface area contributed by atoms with E-state index < -0.39 is 0 Å². The SMILES string of the molecule is CON=CC1=CC=[N+]C=C1. The molecule has 0 aromatic rings. The number of allylic oxidation sites excluding steroid dienone is 3. The molecular weight excluding hydrogens is 128 g/mol. The van der Waals surface area contributed by atoms with E-state index in [2.05, 4.69) is 15.0 Å². The van der Waals surface area contributed by atoms with Crippen molar-refractivity contribution in [3.05, 3.63) is 23.9 Å². The average molecular weight is 136 g/mol. The van der Waals surface area contributed by atoms with Crippen LogP contribution in [0.5, 0.6) is 0 Å². The first kappa shape index (κ1) is 6.74. The number of oxime groups is 1. The Kier molecular flexibility index (Phi) is 2.43. The summed E-state index contributed by atoms with van der Waals surface area (Å²) in [5.74, 6) is 0. The summed E-state index contributed by atoms with van der Waals surface area (Å²) in [6.45, 7) is 0. The van der Waals surface area contributed by atoms with Gasteiger partial charge in [0, 0.05) is 17.7 Å². The van der Waals surface area contributed by atoms with Gasteiger partial charge in [-0.2, -0.15) is 0 Å². The van der Waals surface area contributed by atoms with Crippen LogP contribution < -0.4 is 4.99 Å². The Hall–Kier alpha value is -1.38. The lowest BCUT2D eigenvalue weighted by Crippen LogP contribution is -1.91. The Morgan fingerprint density at radius 3 is 3.20 bits per heavy atom. The normalized spacial score (nSPS) is 15.9. The Morgan fingerprint density at radius 1 is 1.70 bits per heavy atom. The molecule has 0 aromatic carbocycles. The molecule has 0 atom stereocenters. The van der Waals surface area contributed by atoms with E-state index in [-0.39, 0.29) is 0 Å². The third-order valence-corrected chi connectivity index (χ3v) is 1.01. The van der Waals surface area contributed by atoms with Crippen LogP contribution >= 0.6 is 0 Å². The molecule has 0 amide bonds. The molecular formula is C7H8N2O+. The Bertz CT molecular complexity index is 214. The van der Waals surface area contributed by atoms with Crippen LogP contribution in [-0.4, -0.2) is 19.5 Å². The van der Waals surface area contributed by atoms with Gasteiger partial charge in [0.2, 0.25) is 12.4 Å². The highest BCUT2D eigenvalue weighted by molar-refractivity contribution is 5.90. The lowest BCUT2D eigenvalue weighted by atomic mass is 10.2. The third kappa shape index (κ3) is 1.85. The smallest absolute Gasteiger partial charge is 0.242 e. The van der Waals surface area contributed by atoms with Crippen LogP contribution in [0.2, 0.25) is 0 Å². The monoisotopic (exact) mass is 136 g/mol. The fraction of sp³-hybridized carbons (Fsp3) is 0.143.